The standard InChI is InChI=1S/C21H20ClN3O3/c1-27-18-6-7-19(28-2)15(10-18)11-21(26)25-20-12-17(23-13-24-20)9-14-4-3-5-16(22)8-14/h3-8,10,12-13H,9,11H2,1-2H3,(H,23,24,25,26). The smallest absolute Gasteiger partial charge is 0.230 e. The van der Waals surface area contributed by atoms with E-state index in [1.165, 1.54) is 6.33 Å². The average molecular weight is 398 g/mol. The summed E-state index contributed by atoms with van der Waals surface area (Å²) < 4.78 is 10.5. The molecule has 0 unspecified atom stereocenters. The van der Waals surface area contributed by atoms with Crippen LogP contribution in [0.3, 0.4) is 0 Å². The first-order valence-electron chi connectivity index (χ1n) is 8.63. The first-order valence-corrected chi connectivity index (χ1v) is 9.01. The zero-order valence-electron chi connectivity index (χ0n) is 15.6. The van der Waals surface area contributed by atoms with Crippen molar-refractivity contribution in [3.63, 3.8) is 0 Å². The Morgan fingerprint density at radius 2 is 1.93 bits per heavy atom. The summed E-state index contributed by atoms with van der Waals surface area (Å²) in [6.45, 7) is 0. The van der Waals surface area contributed by atoms with Crippen LogP contribution in [0.25, 0.3) is 0 Å². The van der Waals surface area contributed by atoms with E-state index in [-0.39, 0.29) is 12.3 Å². The van der Waals surface area contributed by atoms with E-state index in [4.69, 9.17) is 21.1 Å². The number of benzene rings is 2. The average Bonchev–Trinajstić information content (AvgIpc) is 2.68. The van der Waals surface area contributed by atoms with Crippen LogP contribution in [0.4, 0.5) is 5.82 Å². The van der Waals surface area contributed by atoms with E-state index in [1.807, 2.05) is 24.3 Å². The Kier molecular flexibility index (Phi) is 6.45. The molecule has 0 atom stereocenters. The minimum Gasteiger partial charge on any atom is -0.497 e. The molecule has 3 aromatic rings. The van der Waals surface area contributed by atoms with Gasteiger partial charge in [-0.25, -0.2) is 9.97 Å². The van der Waals surface area contributed by atoms with Crippen molar-refractivity contribution < 1.29 is 14.3 Å². The quantitative estimate of drug-likeness (QED) is 0.654. The molecule has 2 aromatic carbocycles. The molecular formula is C21H20ClN3O3. The van der Waals surface area contributed by atoms with Gasteiger partial charge in [0.2, 0.25) is 5.91 Å². The van der Waals surface area contributed by atoms with Gasteiger partial charge in [-0.2, -0.15) is 0 Å². The monoisotopic (exact) mass is 397 g/mol. The third-order valence-corrected chi connectivity index (χ3v) is 4.34. The van der Waals surface area contributed by atoms with Crippen molar-refractivity contribution in [2.45, 2.75) is 12.8 Å². The van der Waals surface area contributed by atoms with Gasteiger partial charge in [-0.15, -0.1) is 0 Å². The summed E-state index contributed by atoms with van der Waals surface area (Å²) in [6.07, 6.45) is 2.16. The fraction of sp³-hybridized carbons (Fsp3) is 0.190. The van der Waals surface area contributed by atoms with Crippen molar-refractivity contribution in [2.24, 2.45) is 0 Å². The number of carbonyl (C=O) groups excluding carboxylic acids is 1. The van der Waals surface area contributed by atoms with Gasteiger partial charge in [0.15, 0.2) is 0 Å². The number of anilines is 1. The van der Waals surface area contributed by atoms with Crippen molar-refractivity contribution in [1.29, 1.82) is 0 Å². The highest BCUT2D eigenvalue weighted by Gasteiger charge is 2.12. The molecular weight excluding hydrogens is 378 g/mol. The fourth-order valence-electron chi connectivity index (χ4n) is 2.80. The Hall–Kier alpha value is -3.12. The van der Waals surface area contributed by atoms with E-state index in [1.54, 1.807) is 38.5 Å². The van der Waals surface area contributed by atoms with Crippen LogP contribution in [0.2, 0.25) is 5.02 Å². The minimum atomic E-state index is -0.209. The molecule has 6 nitrogen and oxygen atoms in total. The maximum Gasteiger partial charge on any atom is 0.230 e. The van der Waals surface area contributed by atoms with Gasteiger partial charge in [0.05, 0.1) is 26.3 Å². The highest BCUT2D eigenvalue weighted by molar-refractivity contribution is 6.30. The lowest BCUT2D eigenvalue weighted by molar-refractivity contribution is -0.115. The summed E-state index contributed by atoms with van der Waals surface area (Å²) in [6, 6.07) is 14.7. The highest BCUT2D eigenvalue weighted by atomic mass is 35.5. The Balaban J connectivity index is 1.69. The Bertz CT molecular complexity index is 979. The maximum atomic E-state index is 12.5. The predicted octanol–water partition coefficient (Wildman–Crippen LogP) is 3.92. The number of aromatic nitrogens is 2. The molecule has 0 aliphatic rings. The second-order valence-corrected chi connectivity index (χ2v) is 6.54. The van der Waals surface area contributed by atoms with Crippen molar-refractivity contribution >= 4 is 23.3 Å². The van der Waals surface area contributed by atoms with E-state index >= 15 is 0 Å². The number of ether oxygens (including phenoxy) is 2. The van der Waals surface area contributed by atoms with Crippen LogP contribution in [-0.4, -0.2) is 30.1 Å². The Morgan fingerprint density at radius 3 is 2.68 bits per heavy atom. The molecule has 0 radical (unpaired) electrons. The predicted molar refractivity (Wildman–Crippen MR) is 108 cm³/mol. The maximum absolute atomic E-state index is 12.5. The largest absolute Gasteiger partial charge is 0.497 e. The van der Waals surface area contributed by atoms with Crippen LogP contribution in [0.15, 0.2) is 54.9 Å². The second-order valence-electron chi connectivity index (χ2n) is 6.10. The highest BCUT2D eigenvalue weighted by Crippen LogP contribution is 2.24. The molecule has 0 fully saturated rings. The molecule has 3 rings (SSSR count). The van der Waals surface area contributed by atoms with Crippen molar-refractivity contribution in [2.75, 3.05) is 19.5 Å². The molecule has 0 saturated heterocycles. The minimum absolute atomic E-state index is 0.133. The summed E-state index contributed by atoms with van der Waals surface area (Å²) in [5.74, 6) is 1.52. The number of halogens is 1. The lowest BCUT2D eigenvalue weighted by atomic mass is 10.1. The van der Waals surface area contributed by atoms with Crippen molar-refractivity contribution in [1.82, 2.24) is 9.97 Å². The summed E-state index contributed by atoms with van der Waals surface area (Å²) >= 11 is 6.03. The van der Waals surface area contributed by atoms with Gasteiger partial charge in [0.25, 0.3) is 0 Å². The number of hydrogen-bond acceptors (Lipinski definition) is 5. The summed E-state index contributed by atoms with van der Waals surface area (Å²) in [5, 5.41) is 3.48. The number of hydrogen-bond donors (Lipinski definition) is 1. The third kappa shape index (κ3) is 5.20. The molecule has 0 spiro atoms. The summed E-state index contributed by atoms with van der Waals surface area (Å²) in [4.78, 5) is 20.9. The number of carbonyl (C=O) groups is 1. The number of rotatable bonds is 7. The molecule has 0 bridgehead atoms. The first kappa shape index (κ1) is 19.6. The topological polar surface area (TPSA) is 73.3 Å². The van der Waals surface area contributed by atoms with Gasteiger partial charge in [0.1, 0.15) is 23.6 Å². The van der Waals surface area contributed by atoms with Gasteiger partial charge < -0.3 is 14.8 Å². The second kappa shape index (κ2) is 9.19. The van der Waals surface area contributed by atoms with Gasteiger partial charge in [-0.1, -0.05) is 23.7 Å². The zero-order valence-corrected chi connectivity index (χ0v) is 16.4. The van der Waals surface area contributed by atoms with Gasteiger partial charge in [0, 0.05) is 23.1 Å². The zero-order chi connectivity index (χ0) is 19.9. The van der Waals surface area contributed by atoms with Crippen molar-refractivity contribution in [3.05, 3.63) is 76.7 Å². The van der Waals surface area contributed by atoms with E-state index in [0.717, 1.165) is 16.8 Å². The molecule has 7 heteroatoms. The van der Waals surface area contributed by atoms with E-state index in [9.17, 15) is 4.79 Å². The summed E-state index contributed by atoms with van der Waals surface area (Å²) in [7, 11) is 3.14. The number of nitrogens with zero attached hydrogens (tertiary/aromatic N) is 2. The number of nitrogens with one attached hydrogen (secondary N) is 1. The molecule has 1 N–H and O–H groups in total. The van der Waals surface area contributed by atoms with Crippen molar-refractivity contribution in [3.8, 4) is 11.5 Å². The SMILES string of the molecule is COc1ccc(OC)c(CC(=O)Nc2cc(Cc3cccc(Cl)c3)ncn2)c1. The van der Waals surface area contributed by atoms with Gasteiger partial charge >= 0.3 is 0 Å². The number of amides is 1. The van der Waals surface area contributed by atoms with Crippen LogP contribution >= 0.6 is 11.6 Å². The Labute approximate surface area is 168 Å². The molecule has 1 heterocycles. The molecule has 1 amide bonds. The molecule has 0 saturated carbocycles. The molecule has 28 heavy (non-hydrogen) atoms. The summed E-state index contributed by atoms with van der Waals surface area (Å²) in [5.41, 5.74) is 2.55. The molecule has 0 aliphatic heterocycles. The third-order valence-electron chi connectivity index (χ3n) is 4.10. The normalized spacial score (nSPS) is 10.4. The lowest BCUT2D eigenvalue weighted by Gasteiger charge is -2.11. The van der Waals surface area contributed by atoms with Crippen LogP contribution < -0.4 is 14.8 Å². The molecule has 1 aromatic heterocycles. The van der Waals surface area contributed by atoms with Crippen LogP contribution in [-0.2, 0) is 17.6 Å². The van der Waals surface area contributed by atoms with Gasteiger partial charge in [-0.05, 0) is 35.9 Å². The molecule has 0 aliphatic carbocycles. The van der Waals surface area contributed by atoms with Crippen LogP contribution in [0, 0.1) is 0 Å². The first-order chi connectivity index (χ1) is 13.6. The van der Waals surface area contributed by atoms with E-state index in [2.05, 4.69) is 15.3 Å². The number of methoxy groups -OCH3 is 2. The van der Waals surface area contributed by atoms with E-state index < -0.39 is 0 Å². The van der Waals surface area contributed by atoms with Crippen LogP contribution in [0.5, 0.6) is 11.5 Å². The van der Waals surface area contributed by atoms with Gasteiger partial charge in [-0.3, -0.25) is 4.79 Å². The van der Waals surface area contributed by atoms with E-state index in [0.29, 0.717) is 28.8 Å². The lowest BCUT2D eigenvalue weighted by Crippen LogP contribution is -2.16. The fourth-order valence-corrected chi connectivity index (χ4v) is 3.01. The molecule has 144 valence electrons. The Morgan fingerprint density at radius 1 is 1.07 bits per heavy atom. The van der Waals surface area contributed by atoms with Crippen LogP contribution in [0.1, 0.15) is 16.8 Å².